The van der Waals surface area contributed by atoms with Crippen LogP contribution in [0.15, 0.2) is 27.9 Å². The van der Waals surface area contributed by atoms with Crippen molar-refractivity contribution >= 4 is 45.5 Å². The number of nitrogens with one attached hydrogen (secondary N) is 1. The summed E-state index contributed by atoms with van der Waals surface area (Å²) in [5, 5.41) is 14.4. The Morgan fingerprint density at radius 3 is 2.88 bits per heavy atom. The summed E-state index contributed by atoms with van der Waals surface area (Å²) in [6.45, 7) is 1.56. The van der Waals surface area contributed by atoms with E-state index in [-0.39, 0.29) is 17.5 Å². The smallest absolute Gasteiger partial charge is 0.245 e. The Kier molecular flexibility index (Phi) is 5.15. The van der Waals surface area contributed by atoms with E-state index in [1.807, 2.05) is 4.90 Å². The lowest BCUT2D eigenvalue weighted by Crippen LogP contribution is -2.21. The molecule has 0 spiro atoms. The Hall–Kier alpha value is -1.93. The fraction of sp³-hybridized carbons (Fsp3) is 0.267. The van der Waals surface area contributed by atoms with Crippen molar-refractivity contribution in [2.24, 2.45) is 5.10 Å². The van der Waals surface area contributed by atoms with E-state index in [0.717, 1.165) is 32.1 Å². The standard InChI is InChI=1S/C15H14BrClFN5O/c16-11-6-10(17)5-9(13(11)24)7-20-22-15-19-8-12(18)14(21-15)23-3-1-2-4-23/h5-8,24H,1-4H2,(H,19,21,22)/b20-7-. The first-order chi connectivity index (χ1) is 11.5. The van der Waals surface area contributed by atoms with E-state index in [4.69, 9.17) is 11.6 Å². The van der Waals surface area contributed by atoms with E-state index in [9.17, 15) is 9.50 Å². The van der Waals surface area contributed by atoms with Gasteiger partial charge in [-0.25, -0.2) is 14.8 Å². The van der Waals surface area contributed by atoms with Crippen LogP contribution >= 0.6 is 27.5 Å². The third-order valence-corrected chi connectivity index (χ3v) is 4.38. The molecule has 1 saturated heterocycles. The molecule has 9 heteroatoms. The lowest BCUT2D eigenvalue weighted by Gasteiger charge is -2.16. The van der Waals surface area contributed by atoms with Crippen LogP contribution in [-0.2, 0) is 0 Å². The maximum atomic E-state index is 13.9. The maximum absolute atomic E-state index is 13.9. The largest absolute Gasteiger partial charge is 0.506 e. The van der Waals surface area contributed by atoms with Crippen LogP contribution in [0.25, 0.3) is 0 Å². The predicted octanol–water partition coefficient (Wildman–Crippen LogP) is 3.78. The summed E-state index contributed by atoms with van der Waals surface area (Å²) in [6.07, 6.45) is 4.54. The minimum Gasteiger partial charge on any atom is -0.506 e. The summed E-state index contributed by atoms with van der Waals surface area (Å²) in [6, 6.07) is 3.14. The van der Waals surface area contributed by atoms with E-state index < -0.39 is 5.82 Å². The van der Waals surface area contributed by atoms with E-state index in [1.165, 1.54) is 6.21 Å². The average Bonchev–Trinajstić information content (AvgIpc) is 3.07. The molecule has 0 bridgehead atoms. The van der Waals surface area contributed by atoms with Crippen LogP contribution in [0.4, 0.5) is 16.2 Å². The zero-order chi connectivity index (χ0) is 17.1. The molecule has 6 nitrogen and oxygen atoms in total. The van der Waals surface area contributed by atoms with Crippen molar-refractivity contribution in [3.8, 4) is 5.75 Å². The molecule has 2 heterocycles. The number of phenolic OH excluding ortho intramolecular Hbond substituents is 1. The summed E-state index contributed by atoms with van der Waals surface area (Å²) in [7, 11) is 0. The molecule has 0 amide bonds. The number of hydrogen-bond donors (Lipinski definition) is 2. The van der Waals surface area contributed by atoms with Gasteiger partial charge >= 0.3 is 0 Å². The fourth-order valence-corrected chi connectivity index (χ4v) is 3.24. The highest BCUT2D eigenvalue weighted by Crippen LogP contribution is 2.30. The molecule has 2 aromatic rings. The summed E-state index contributed by atoms with van der Waals surface area (Å²) in [5.41, 5.74) is 3.05. The molecular weight excluding hydrogens is 401 g/mol. The highest BCUT2D eigenvalue weighted by atomic mass is 79.9. The molecule has 1 aliphatic rings. The third kappa shape index (κ3) is 3.76. The van der Waals surface area contributed by atoms with Crippen molar-refractivity contribution in [3.63, 3.8) is 0 Å². The summed E-state index contributed by atoms with van der Waals surface area (Å²) in [5.74, 6) is 0.00857. The van der Waals surface area contributed by atoms with Gasteiger partial charge in [-0.3, -0.25) is 0 Å². The first-order valence-corrected chi connectivity index (χ1v) is 8.46. The molecule has 0 aliphatic carbocycles. The maximum Gasteiger partial charge on any atom is 0.245 e. The molecule has 0 atom stereocenters. The molecule has 24 heavy (non-hydrogen) atoms. The number of anilines is 2. The third-order valence-electron chi connectivity index (χ3n) is 3.56. The van der Waals surface area contributed by atoms with Crippen molar-refractivity contribution in [2.75, 3.05) is 23.4 Å². The zero-order valence-electron chi connectivity index (χ0n) is 12.5. The number of rotatable bonds is 4. The van der Waals surface area contributed by atoms with E-state index in [1.54, 1.807) is 12.1 Å². The van der Waals surface area contributed by atoms with Crippen LogP contribution in [0.1, 0.15) is 18.4 Å². The summed E-state index contributed by atoms with van der Waals surface area (Å²) < 4.78 is 14.3. The number of aromatic hydroxyl groups is 1. The lowest BCUT2D eigenvalue weighted by molar-refractivity contribution is 0.471. The molecule has 1 aromatic heterocycles. The molecular formula is C15H14BrClFN5O. The van der Waals surface area contributed by atoms with Gasteiger partial charge in [0.25, 0.3) is 0 Å². The highest BCUT2D eigenvalue weighted by molar-refractivity contribution is 9.10. The van der Waals surface area contributed by atoms with Gasteiger partial charge in [-0.05, 0) is 40.9 Å². The molecule has 0 radical (unpaired) electrons. The molecule has 1 fully saturated rings. The first-order valence-electron chi connectivity index (χ1n) is 7.29. The number of benzene rings is 1. The van der Waals surface area contributed by atoms with Gasteiger partial charge in [0, 0.05) is 23.7 Å². The second-order valence-corrected chi connectivity index (χ2v) is 6.55. The van der Waals surface area contributed by atoms with Crippen molar-refractivity contribution in [3.05, 3.63) is 39.2 Å². The van der Waals surface area contributed by atoms with E-state index >= 15 is 0 Å². The quantitative estimate of drug-likeness (QED) is 0.588. The van der Waals surface area contributed by atoms with E-state index in [0.29, 0.717) is 15.1 Å². The summed E-state index contributed by atoms with van der Waals surface area (Å²) in [4.78, 5) is 9.90. The number of nitrogens with zero attached hydrogens (tertiary/aromatic N) is 4. The van der Waals surface area contributed by atoms with Crippen molar-refractivity contribution in [1.29, 1.82) is 0 Å². The number of phenols is 1. The Morgan fingerprint density at radius 1 is 1.38 bits per heavy atom. The minimum atomic E-state index is -0.456. The second kappa shape index (κ2) is 7.31. The molecule has 1 aliphatic heterocycles. The lowest BCUT2D eigenvalue weighted by atomic mass is 10.2. The Labute approximate surface area is 151 Å². The normalized spacial score (nSPS) is 14.5. The first kappa shape index (κ1) is 16.9. The van der Waals surface area contributed by atoms with Crippen LogP contribution < -0.4 is 10.3 Å². The summed E-state index contributed by atoms with van der Waals surface area (Å²) >= 11 is 9.13. The van der Waals surface area contributed by atoms with Gasteiger partial charge in [-0.1, -0.05) is 11.6 Å². The van der Waals surface area contributed by atoms with Gasteiger partial charge in [0.1, 0.15) is 5.75 Å². The zero-order valence-corrected chi connectivity index (χ0v) is 14.8. The van der Waals surface area contributed by atoms with Gasteiger partial charge in [-0.15, -0.1) is 0 Å². The number of hydrazone groups is 1. The number of hydrogen-bond acceptors (Lipinski definition) is 6. The van der Waals surface area contributed by atoms with Crippen LogP contribution in [0, 0.1) is 5.82 Å². The van der Waals surface area contributed by atoms with Crippen LogP contribution in [-0.4, -0.2) is 34.4 Å². The predicted molar refractivity (Wildman–Crippen MR) is 95.5 cm³/mol. The van der Waals surface area contributed by atoms with Crippen molar-refractivity contribution < 1.29 is 9.50 Å². The molecule has 0 saturated carbocycles. The van der Waals surface area contributed by atoms with Crippen molar-refractivity contribution in [1.82, 2.24) is 9.97 Å². The number of aromatic nitrogens is 2. The molecule has 3 rings (SSSR count). The van der Waals surface area contributed by atoms with Gasteiger partial charge < -0.3 is 10.0 Å². The minimum absolute atomic E-state index is 0.0164. The molecule has 2 N–H and O–H groups in total. The topological polar surface area (TPSA) is 73.6 Å². The highest BCUT2D eigenvalue weighted by Gasteiger charge is 2.18. The second-order valence-electron chi connectivity index (χ2n) is 5.25. The molecule has 1 aromatic carbocycles. The van der Waals surface area contributed by atoms with E-state index in [2.05, 4.69) is 36.4 Å². The van der Waals surface area contributed by atoms with Gasteiger partial charge in [0.05, 0.1) is 16.9 Å². The molecule has 126 valence electrons. The Morgan fingerprint density at radius 2 is 2.12 bits per heavy atom. The van der Waals surface area contributed by atoms with Gasteiger partial charge in [-0.2, -0.15) is 10.1 Å². The SMILES string of the molecule is Oc1c(Br)cc(Cl)cc1/C=N\Nc1ncc(F)c(N2CCCC2)n1. The Bertz CT molecular complexity index is 783. The van der Waals surface area contributed by atoms with Crippen LogP contribution in [0.5, 0.6) is 5.75 Å². The van der Waals surface area contributed by atoms with Crippen LogP contribution in [0.2, 0.25) is 5.02 Å². The molecule has 0 unspecified atom stereocenters. The number of halogens is 3. The Balaban J connectivity index is 1.76. The van der Waals surface area contributed by atoms with Gasteiger partial charge in [0.2, 0.25) is 5.95 Å². The van der Waals surface area contributed by atoms with Crippen LogP contribution in [0.3, 0.4) is 0 Å². The average molecular weight is 415 g/mol. The fourth-order valence-electron chi connectivity index (χ4n) is 2.41. The van der Waals surface area contributed by atoms with Gasteiger partial charge in [0.15, 0.2) is 11.6 Å². The van der Waals surface area contributed by atoms with Crippen molar-refractivity contribution in [2.45, 2.75) is 12.8 Å². The monoisotopic (exact) mass is 413 g/mol.